The van der Waals surface area contributed by atoms with Crippen molar-refractivity contribution in [1.29, 1.82) is 0 Å². The third-order valence-electron chi connectivity index (χ3n) is 2.82. The summed E-state index contributed by atoms with van der Waals surface area (Å²) in [5, 5.41) is 6.38. The van der Waals surface area contributed by atoms with Crippen molar-refractivity contribution in [3.8, 4) is 0 Å². The fourth-order valence-corrected chi connectivity index (χ4v) is 2.50. The molecule has 5 heteroatoms. The Morgan fingerprint density at radius 1 is 1.20 bits per heavy atom. The fourth-order valence-electron chi connectivity index (χ4n) is 1.78. The van der Waals surface area contributed by atoms with E-state index in [1.165, 1.54) is 0 Å². The lowest BCUT2D eigenvalue weighted by atomic mass is 10.1. The number of hydrogen-bond acceptors (Lipinski definition) is 1. The molecule has 0 saturated carbocycles. The molecule has 2 aromatic rings. The third-order valence-corrected chi connectivity index (χ3v) is 3.99. The first kappa shape index (κ1) is 15.1. The second kappa shape index (κ2) is 6.95. The van der Waals surface area contributed by atoms with Gasteiger partial charge in [-0.05, 0) is 59.3 Å². The molecule has 2 rings (SSSR count). The smallest absolute Gasteiger partial charge is 0.319 e. The van der Waals surface area contributed by atoms with Crippen LogP contribution in [0.25, 0.3) is 0 Å². The molecule has 0 radical (unpaired) electrons. The highest BCUT2D eigenvalue weighted by Gasteiger charge is 2.10. The van der Waals surface area contributed by atoms with E-state index in [1.54, 1.807) is 0 Å². The van der Waals surface area contributed by atoms with E-state index in [9.17, 15) is 4.79 Å². The average molecular weight is 401 g/mol. The van der Waals surface area contributed by atoms with E-state index < -0.39 is 0 Å². The molecular formula is C15H14ClIN2O. The maximum absolute atomic E-state index is 12.0. The zero-order chi connectivity index (χ0) is 14.5. The number of nitrogens with one attached hydrogen (secondary N) is 2. The summed E-state index contributed by atoms with van der Waals surface area (Å²) in [7, 11) is 0. The van der Waals surface area contributed by atoms with E-state index in [0.717, 1.165) is 14.8 Å². The van der Waals surface area contributed by atoms with E-state index >= 15 is 0 Å². The first-order valence-electron chi connectivity index (χ1n) is 6.14. The van der Waals surface area contributed by atoms with Crippen LogP contribution in [0.2, 0.25) is 5.02 Å². The summed E-state index contributed by atoms with van der Waals surface area (Å²) < 4.78 is 0.996. The molecule has 0 saturated heterocycles. The summed E-state index contributed by atoms with van der Waals surface area (Å²) >= 11 is 8.13. The van der Waals surface area contributed by atoms with Crippen LogP contribution in [0.4, 0.5) is 10.5 Å². The Labute approximate surface area is 136 Å². The summed E-state index contributed by atoms with van der Waals surface area (Å²) in [6, 6.07) is 14.7. The van der Waals surface area contributed by atoms with Crippen LogP contribution in [-0.2, 0) is 0 Å². The quantitative estimate of drug-likeness (QED) is 0.712. The highest BCUT2D eigenvalue weighted by Crippen LogP contribution is 2.19. The SMILES string of the molecule is CC(NC(=O)Nc1ccccc1I)c1cccc(Cl)c1. The minimum Gasteiger partial charge on any atom is -0.331 e. The highest BCUT2D eigenvalue weighted by atomic mass is 127. The minimum atomic E-state index is -0.235. The van der Waals surface area contributed by atoms with Gasteiger partial charge in [-0.25, -0.2) is 4.79 Å². The van der Waals surface area contributed by atoms with Crippen LogP contribution >= 0.6 is 34.2 Å². The number of para-hydroxylation sites is 1. The van der Waals surface area contributed by atoms with Crippen LogP contribution < -0.4 is 10.6 Å². The second-order valence-corrected chi connectivity index (χ2v) is 5.95. The first-order chi connectivity index (χ1) is 9.56. The van der Waals surface area contributed by atoms with E-state index in [-0.39, 0.29) is 12.1 Å². The largest absolute Gasteiger partial charge is 0.331 e. The number of halogens is 2. The summed E-state index contributed by atoms with van der Waals surface area (Å²) in [6.07, 6.45) is 0. The number of carbonyl (C=O) groups is 1. The minimum absolute atomic E-state index is 0.116. The van der Waals surface area contributed by atoms with Gasteiger partial charge in [0.15, 0.2) is 0 Å². The fraction of sp³-hybridized carbons (Fsp3) is 0.133. The van der Waals surface area contributed by atoms with Crippen molar-refractivity contribution >= 4 is 45.9 Å². The normalized spacial score (nSPS) is 11.8. The average Bonchev–Trinajstić information content (AvgIpc) is 2.41. The Hall–Kier alpha value is -1.27. The number of hydrogen-bond donors (Lipinski definition) is 2. The lowest BCUT2D eigenvalue weighted by Crippen LogP contribution is -2.31. The molecule has 0 fully saturated rings. The van der Waals surface area contributed by atoms with Gasteiger partial charge in [0.1, 0.15) is 0 Å². The van der Waals surface area contributed by atoms with E-state index in [4.69, 9.17) is 11.6 Å². The monoisotopic (exact) mass is 400 g/mol. The topological polar surface area (TPSA) is 41.1 Å². The van der Waals surface area contributed by atoms with Crippen molar-refractivity contribution in [2.24, 2.45) is 0 Å². The standard InChI is InChI=1S/C15H14ClIN2O/c1-10(11-5-4-6-12(16)9-11)18-15(20)19-14-8-3-2-7-13(14)17/h2-10H,1H3,(H2,18,19,20). The number of anilines is 1. The van der Waals surface area contributed by atoms with Gasteiger partial charge in [-0.1, -0.05) is 35.9 Å². The number of rotatable bonds is 3. The molecule has 0 aliphatic heterocycles. The molecule has 2 amide bonds. The Morgan fingerprint density at radius 2 is 1.95 bits per heavy atom. The van der Waals surface area contributed by atoms with Gasteiger partial charge >= 0.3 is 6.03 Å². The predicted molar refractivity (Wildman–Crippen MR) is 91.2 cm³/mol. The van der Waals surface area contributed by atoms with Gasteiger partial charge in [0, 0.05) is 8.59 Å². The van der Waals surface area contributed by atoms with Crippen LogP contribution in [-0.4, -0.2) is 6.03 Å². The zero-order valence-corrected chi connectivity index (χ0v) is 13.8. The molecular weight excluding hydrogens is 387 g/mol. The molecule has 0 aromatic heterocycles. The number of carbonyl (C=O) groups excluding carboxylic acids is 1. The zero-order valence-electron chi connectivity index (χ0n) is 10.9. The molecule has 0 spiro atoms. The van der Waals surface area contributed by atoms with E-state index in [0.29, 0.717) is 5.02 Å². The van der Waals surface area contributed by atoms with Crippen molar-refractivity contribution in [3.05, 3.63) is 62.7 Å². The summed E-state index contributed by atoms with van der Waals surface area (Å²) in [5.74, 6) is 0. The van der Waals surface area contributed by atoms with Gasteiger partial charge < -0.3 is 10.6 Å². The predicted octanol–water partition coefficient (Wildman–Crippen LogP) is 4.83. The summed E-state index contributed by atoms with van der Waals surface area (Å²) in [5.41, 5.74) is 1.76. The summed E-state index contributed by atoms with van der Waals surface area (Å²) in [6.45, 7) is 1.92. The Bertz CT molecular complexity index is 618. The maximum Gasteiger partial charge on any atom is 0.319 e. The van der Waals surface area contributed by atoms with Crippen molar-refractivity contribution in [2.45, 2.75) is 13.0 Å². The van der Waals surface area contributed by atoms with Gasteiger partial charge in [0.2, 0.25) is 0 Å². The van der Waals surface area contributed by atoms with Crippen molar-refractivity contribution in [2.75, 3.05) is 5.32 Å². The molecule has 1 unspecified atom stereocenters. The lowest BCUT2D eigenvalue weighted by molar-refractivity contribution is 0.249. The number of benzene rings is 2. The van der Waals surface area contributed by atoms with Gasteiger partial charge in [-0.2, -0.15) is 0 Å². The Morgan fingerprint density at radius 3 is 2.65 bits per heavy atom. The molecule has 0 bridgehead atoms. The van der Waals surface area contributed by atoms with Gasteiger partial charge in [0.25, 0.3) is 0 Å². The molecule has 0 aliphatic carbocycles. The molecule has 2 aromatic carbocycles. The van der Waals surface area contributed by atoms with Crippen LogP contribution in [0.1, 0.15) is 18.5 Å². The van der Waals surface area contributed by atoms with Crippen LogP contribution in [0.3, 0.4) is 0 Å². The second-order valence-electron chi connectivity index (χ2n) is 4.36. The van der Waals surface area contributed by atoms with Crippen molar-refractivity contribution < 1.29 is 4.79 Å². The van der Waals surface area contributed by atoms with Crippen molar-refractivity contribution in [3.63, 3.8) is 0 Å². The van der Waals surface area contributed by atoms with Crippen molar-refractivity contribution in [1.82, 2.24) is 5.32 Å². The third kappa shape index (κ3) is 4.11. The molecule has 0 heterocycles. The van der Waals surface area contributed by atoms with Crippen LogP contribution in [0.5, 0.6) is 0 Å². The lowest BCUT2D eigenvalue weighted by Gasteiger charge is -2.15. The first-order valence-corrected chi connectivity index (χ1v) is 7.59. The summed E-state index contributed by atoms with van der Waals surface area (Å²) in [4.78, 5) is 12.0. The molecule has 3 nitrogen and oxygen atoms in total. The van der Waals surface area contributed by atoms with Crippen LogP contribution in [0.15, 0.2) is 48.5 Å². The molecule has 0 aliphatic rings. The highest BCUT2D eigenvalue weighted by molar-refractivity contribution is 14.1. The van der Waals surface area contributed by atoms with E-state index in [1.807, 2.05) is 55.5 Å². The van der Waals surface area contributed by atoms with Crippen LogP contribution in [0, 0.1) is 3.57 Å². The van der Waals surface area contributed by atoms with Gasteiger partial charge in [-0.15, -0.1) is 0 Å². The number of urea groups is 1. The molecule has 2 N–H and O–H groups in total. The number of amides is 2. The maximum atomic E-state index is 12.0. The van der Waals surface area contributed by atoms with Gasteiger partial charge in [0.05, 0.1) is 11.7 Å². The Balaban J connectivity index is 2.00. The molecule has 104 valence electrons. The molecule has 20 heavy (non-hydrogen) atoms. The molecule has 1 atom stereocenters. The van der Waals surface area contributed by atoms with Gasteiger partial charge in [-0.3, -0.25) is 0 Å². The Kier molecular flexibility index (Phi) is 5.25. The van der Waals surface area contributed by atoms with E-state index in [2.05, 4.69) is 33.2 Å².